The first-order chi connectivity index (χ1) is 5.66. The summed E-state index contributed by atoms with van der Waals surface area (Å²) < 4.78 is 0. The standard InChI is InChI=1S/C12H22/c1-5-8-12(4)10-7-6-9-11(2)3/h6-8,11H,5,9-10H2,1-4H3. The van der Waals surface area contributed by atoms with Crippen LogP contribution in [-0.4, -0.2) is 0 Å². The summed E-state index contributed by atoms with van der Waals surface area (Å²) in [4.78, 5) is 0. The van der Waals surface area contributed by atoms with E-state index in [0.29, 0.717) is 0 Å². The van der Waals surface area contributed by atoms with Gasteiger partial charge >= 0.3 is 0 Å². The molecule has 0 aliphatic carbocycles. The molecule has 0 radical (unpaired) electrons. The lowest BCUT2D eigenvalue weighted by molar-refractivity contribution is 0.663. The van der Waals surface area contributed by atoms with Crippen LogP contribution in [0.15, 0.2) is 23.8 Å². The molecule has 70 valence electrons. The summed E-state index contributed by atoms with van der Waals surface area (Å²) in [5.74, 6) is 0.789. The highest BCUT2D eigenvalue weighted by Gasteiger charge is 1.87. The summed E-state index contributed by atoms with van der Waals surface area (Å²) in [6.45, 7) is 8.88. The summed E-state index contributed by atoms with van der Waals surface area (Å²) in [7, 11) is 0. The Labute approximate surface area is 77.4 Å². The van der Waals surface area contributed by atoms with Crippen molar-refractivity contribution in [3.05, 3.63) is 23.8 Å². The summed E-state index contributed by atoms with van der Waals surface area (Å²) in [5.41, 5.74) is 1.48. The van der Waals surface area contributed by atoms with Crippen LogP contribution in [0.5, 0.6) is 0 Å². The molecule has 0 aromatic carbocycles. The average molecular weight is 166 g/mol. The highest BCUT2D eigenvalue weighted by atomic mass is 13.9. The Morgan fingerprint density at radius 1 is 1.25 bits per heavy atom. The van der Waals surface area contributed by atoms with Crippen LogP contribution >= 0.6 is 0 Å². The monoisotopic (exact) mass is 166 g/mol. The number of hydrogen-bond acceptors (Lipinski definition) is 0. The first-order valence-corrected chi connectivity index (χ1v) is 4.97. The Balaban J connectivity index is 3.53. The van der Waals surface area contributed by atoms with Gasteiger partial charge in [-0.25, -0.2) is 0 Å². The van der Waals surface area contributed by atoms with Gasteiger partial charge in [0.05, 0.1) is 0 Å². The fourth-order valence-electron chi connectivity index (χ4n) is 1.07. The molecule has 0 fully saturated rings. The Kier molecular flexibility index (Phi) is 6.84. The third-order valence-electron chi connectivity index (χ3n) is 1.77. The number of allylic oxidation sites excluding steroid dienone is 4. The molecule has 0 rings (SSSR count). The van der Waals surface area contributed by atoms with E-state index in [1.54, 1.807) is 0 Å². The van der Waals surface area contributed by atoms with E-state index in [0.717, 1.165) is 18.8 Å². The molecule has 0 N–H and O–H groups in total. The normalized spacial score (nSPS) is 13.2. The molecular weight excluding hydrogens is 144 g/mol. The largest absolute Gasteiger partial charge is 0.0880 e. The van der Waals surface area contributed by atoms with Gasteiger partial charge in [-0.3, -0.25) is 0 Å². The Bertz CT molecular complexity index is 149. The van der Waals surface area contributed by atoms with E-state index in [2.05, 4.69) is 45.9 Å². The molecule has 0 spiro atoms. The summed E-state index contributed by atoms with van der Waals surface area (Å²) in [5, 5.41) is 0. The van der Waals surface area contributed by atoms with Crippen LogP contribution in [-0.2, 0) is 0 Å². The van der Waals surface area contributed by atoms with Crippen LogP contribution < -0.4 is 0 Å². The van der Waals surface area contributed by atoms with E-state index in [9.17, 15) is 0 Å². The van der Waals surface area contributed by atoms with Crippen LogP contribution in [0.1, 0.15) is 47.0 Å². The van der Waals surface area contributed by atoms with Gasteiger partial charge in [-0.15, -0.1) is 0 Å². The predicted molar refractivity (Wildman–Crippen MR) is 57.3 cm³/mol. The van der Waals surface area contributed by atoms with Gasteiger partial charge in [0.25, 0.3) is 0 Å². The molecule has 0 heteroatoms. The zero-order valence-electron chi connectivity index (χ0n) is 8.93. The zero-order chi connectivity index (χ0) is 9.40. The quantitative estimate of drug-likeness (QED) is 0.533. The maximum atomic E-state index is 2.29. The molecule has 12 heavy (non-hydrogen) atoms. The van der Waals surface area contributed by atoms with Gasteiger partial charge in [0.15, 0.2) is 0 Å². The van der Waals surface area contributed by atoms with Crippen molar-refractivity contribution in [3.63, 3.8) is 0 Å². The molecule has 0 amide bonds. The van der Waals surface area contributed by atoms with Crippen molar-refractivity contribution in [3.8, 4) is 0 Å². The van der Waals surface area contributed by atoms with Crippen molar-refractivity contribution in [2.45, 2.75) is 47.0 Å². The SMILES string of the molecule is CCC=C(C)CC=CCC(C)C. The molecule has 0 saturated heterocycles. The van der Waals surface area contributed by atoms with Gasteiger partial charge in [-0.1, -0.05) is 44.6 Å². The smallest absolute Gasteiger partial charge is 0.0142 e. The average Bonchev–Trinajstić information content (AvgIpc) is 1.98. The third-order valence-corrected chi connectivity index (χ3v) is 1.77. The van der Waals surface area contributed by atoms with Gasteiger partial charge in [0.1, 0.15) is 0 Å². The lowest BCUT2D eigenvalue weighted by Crippen LogP contribution is -1.81. The van der Waals surface area contributed by atoms with Crippen LogP contribution in [0.3, 0.4) is 0 Å². The van der Waals surface area contributed by atoms with E-state index in [1.807, 2.05) is 0 Å². The minimum atomic E-state index is 0.789. The summed E-state index contributed by atoms with van der Waals surface area (Å²) in [6.07, 6.45) is 10.3. The maximum absolute atomic E-state index is 2.29. The first-order valence-electron chi connectivity index (χ1n) is 4.97. The maximum Gasteiger partial charge on any atom is -0.0142 e. The number of rotatable bonds is 5. The van der Waals surface area contributed by atoms with E-state index >= 15 is 0 Å². The van der Waals surface area contributed by atoms with Crippen LogP contribution in [0.25, 0.3) is 0 Å². The Morgan fingerprint density at radius 3 is 2.42 bits per heavy atom. The molecular formula is C12H22. The van der Waals surface area contributed by atoms with Crippen molar-refractivity contribution in [2.75, 3.05) is 0 Å². The Morgan fingerprint density at radius 2 is 1.92 bits per heavy atom. The molecule has 0 aliphatic heterocycles. The molecule has 0 aromatic rings. The lowest BCUT2D eigenvalue weighted by atomic mass is 10.1. The lowest BCUT2D eigenvalue weighted by Gasteiger charge is -1.97. The molecule has 0 saturated carbocycles. The van der Waals surface area contributed by atoms with Gasteiger partial charge < -0.3 is 0 Å². The van der Waals surface area contributed by atoms with Crippen molar-refractivity contribution < 1.29 is 0 Å². The number of hydrogen-bond donors (Lipinski definition) is 0. The Hall–Kier alpha value is -0.520. The van der Waals surface area contributed by atoms with Gasteiger partial charge in [-0.2, -0.15) is 0 Å². The topological polar surface area (TPSA) is 0 Å². The van der Waals surface area contributed by atoms with Crippen LogP contribution in [0.4, 0.5) is 0 Å². The van der Waals surface area contributed by atoms with E-state index in [-0.39, 0.29) is 0 Å². The highest BCUT2D eigenvalue weighted by molar-refractivity contribution is 5.04. The van der Waals surface area contributed by atoms with Crippen LogP contribution in [0.2, 0.25) is 0 Å². The van der Waals surface area contributed by atoms with E-state index in [1.165, 1.54) is 12.0 Å². The molecule has 0 heterocycles. The molecule has 0 atom stereocenters. The second-order valence-electron chi connectivity index (χ2n) is 3.76. The van der Waals surface area contributed by atoms with Gasteiger partial charge in [0.2, 0.25) is 0 Å². The summed E-state index contributed by atoms with van der Waals surface area (Å²) in [6, 6.07) is 0. The van der Waals surface area contributed by atoms with E-state index < -0.39 is 0 Å². The molecule has 0 bridgehead atoms. The van der Waals surface area contributed by atoms with Crippen molar-refractivity contribution in [1.82, 2.24) is 0 Å². The zero-order valence-corrected chi connectivity index (χ0v) is 8.93. The second-order valence-corrected chi connectivity index (χ2v) is 3.76. The molecule has 0 nitrogen and oxygen atoms in total. The third kappa shape index (κ3) is 7.59. The summed E-state index contributed by atoms with van der Waals surface area (Å²) >= 11 is 0. The minimum absolute atomic E-state index is 0.789. The molecule has 0 unspecified atom stereocenters. The highest BCUT2D eigenvalue weighted by Crippen LogP contribution is 2.05. The van der Waals surface area contributed by atoms with Crippen molar-refractivity contribution in [1.29, 1.82) is 0 Å². The van der Waals surface area contributed by atoms with Crippen LogP contribution in [0, 0.1) is 5.92 Å². The molecule has 0 aliphatic rings. The van der Waals surface area contributed by atoms with Crippen molar-refractivity contribution in [2.24, 2.45) is 5.92 Å². The molecule has 0 aromatic heterocycles. The fraction of sp³-hybridized carbons (Fsp3) is 0.667. The van der Waals surface area contributed by atoms with E-state index in [4.69, 9.17) is 0 Å². The fourth-order valence-corrected chi connectivity index (χ4v) is 1.07. The predicted octanol–water partition coefficient (Wildman–Crippen LogP) is 4.34. The van der Waals surface area contributed by atoms with Gasteiger partial charge in [0, 0.05) is 0 Å². The van der Waals surface area contributed by atoms with Crippen molar-refractivity contribution >= 4 is 0 Å². The first kappa shape index (κ1) is 11.5. The second kappa shape index (κ2) is 7.15. The van der Waals surface area contributed by atoms with Gasteiger partial charge in [-0.05, 0) is 32.1 Å². The minimum Gasteiger partial charge on any atom is -0.0880 e.